The maximum atomic E-state index is 13.3. The van der Waals surface area contributed by atoms with Gasteiger partial charge in [0.25, 0.3) is 5.91 Å². The lowest BCUT2D eigenvalue weighted by Gasteiger charge is -2.36. The fourth-order valence-electron chi connectivity index (χ4n) is 4.60. The molecule has 2 fully saturated rings. The number of aromatic nitrogens is 2. The van der Waals surface area contributed by atoms with Crippen LogP contribution in [0.5, 0.6) is 5.75 Å². The molecule has 2 aliphatic rings. The topological polar surface area (TPSA) is 74.4 Å². The Morgan fingerprint density at radius 2 is 1.88 bits per heavy atom. The van der Waals surface area contributed by atoms with Gasteiger partial charge in [0.1, 0.15) is 23.3 Å². The van der Waals surface area contributed by atoms with Gasteiger partial charge in [0.15, 0.2) is 5.69 Å². The number of hydrogen-bond acceptors (Lipinski definition) is 5. The number of nitriles is 1. The van der Waals surface area contributed by atoms with Gasteiger partial charge in [-0.25, -0.2) is 4.98 Å². The zero-order chi connectivity index (χ0) is 22.9. The molecule has 3 heterocycles. The average molecular weight is 447 g/mol. The minimum Gasteiger partial charge on any atom is -0.406 e. The largest absolute Gasteiger partial charge is 0.573 e. The van der Waals surface area contributed by atoms with Crippen molar-refractivity contribution in [1.82, 2.24) is 19.4 Å². The first-order valence-electron chi connectivity index (χ1n) is 10.6. The number of nitrogens with zero attached hydrogens (tertiary/aromatic N) is 5. The zero-order valence-corrected chi connectivity index (χ0v) is 17.7. The van der Waals surface area contributed by atoms with E-state index in [-0.39, 0.29) is 23.1 Å². The Hall–Kier alpha value is -3.06. The number of alkyl halides is 3. The lowest BCUT2D eigenvalue weighted by atomic mass is 10.0. The first-order chi connectivity index (χ1) is 15.3. The fourth-order valence-corrected chi connectivity index (χ4v) is 4.60. The number of carbonyl (C=O) groups excluding carboxylic acids is 1. The highest BCUT2D eigenvalue weighted by Crippen LogP contribution is 2.29. The molecule has 2 aliphatic heterocycles. The van der Waals surface area contributed by atoms with Crippen molar-refractivity contribution in [3.63, 3.8) is 0 Å². The molecule has 0 atom stereocenters. The van der Waals surface area contributed by atoms with Crippen LogP contribution >= 0.6 is 0 Å². The number of rotatable bonds is 4. The predicted molar refractivity (Wildman–Crippen MR) is 110 cm³/mol. The Labute approximate surface area is 184 Å². The molecule has 1 aromatic heterocycles. The molecule has 2 aromatic rings. The molecule has 4 rings (SSSR count). The summed E-state index contributed by atoms with van der Waals surface area (Å²) in [5, 5.41) is 9.57. The SMILES string of the molecule is Cn1c(-c2cccc(OC(F)(F)F)c2)nc(C#N)c1C(=O)N1CCC(N2CCCC2)CC1. The van der Waals surface area contributed by atoms with Crippen LogP contribution in [-0.4, -0.2) is 63.8 Å². The van der Waals surface area contributed by atoms with Crippen molar-refractivity contribution in [2.24, 2.45) is 7.05 Å². The number of piperidine rings is 1. The molecule has 0 spiro atoms. The van der Waals surface area contributed by atoms with Gasteiger partial charge in [-0.2, -0.15) is 5.26 Å². The van der Waals surface area contributed by atoms with E-state index in [1.54, 1.807) is 18.0 Å². The van der Waals surface area contributed by atoms with Crippen molar-refractivity contribution >= 4 is 5.91 Å². The van der Waals surface area contributed by atoms with Crippen molar-refractivity contribution in [2.45, 2.75) is 38.1 Å². The molecule has 0 unspecified atom stereocenters. The van der Waals surface area contributed by atoms with Crippen LogP contribution in [0.2, 0.25) is 0 Å². The van der Waals surface area contributed by atoms with Crippen LogP contribution in [0.3, 0.4) is 0 Å². The standard InChI is InChI=1S/C22H24F3N5O2/c1-28-19(21(31)30-11-7-16(8-12-30)29-9-2-3-10-29)18(14-26)27-20(28)15-5-4-6-17(13-15)32-22(23,24)25/h4-6,13,16H,2-3,7-12H2,1H3. The van der Waals surface area contributed by atoms with E-state index in [2.05, 4.69) is 14.6 Å². The zero-order valence-electron chi connectivity index (χ0n) is 17.7. The second-order valence-electron chi connectivity index (χ2n) is 8.15. The molecule has 170 valence electrons. The summed E-state index contributed by atoms with van der Waals surface area (Å²) in [6.07, 6.45) is -0.611. The average Bonchev–Trinajstić information content (AvgIpc) is 3.40. The van der Waals surface area contributed by atoms with Gasteiger partial charge in [0.2, 0.25) is 0 Å². The molecular formula is C22H24F3N5O2. The van der Waals surface area contributed by atoms with Crippen LogP contribution in [0.15, 0.2) is 24.3 Å². The monoisotopic (exact) mass is 447 g/mol. The van der Waals surface area contributed by atoms with E-state index in [0.717, 1.165) is 25.9 Å². The third-order valence-electron chi connectivity index (χ3n) is 6.14. The summed E-state index contributed by atoms with van der Waals surface area (Å²) in [4.78, 5) is 21.7. The molecule has 0 radical (unpaired) electrons. The second-order valence-corrected chi connectivity index (χ2v) is 8.15. The molecule has 32 heavy (non-hydrogen) atoms. The summed E-state index contributed by atoms with van der Waals surface area (Å²) in [5.41, 5.74) is 0.415. The van der Waals surface area contributed by atoms with E-state index in [0.29, 0.717) is 24.7 Å². The van der Waals surface area contributed by atoms with Crippen LogP contribution in [0, 0.1) is 11.3 Å². The van der Waals surface area contributed by atoms with Crippen LogP contribution in [0.4, 0.5) is 13.2 Å². The summed E-state index contributed by atoms with van der Waals surface area (Å²) in [5.74, 6) is -0.455. The summed E-state index contributed by atoms with van der Waals surface area (Å²) < 4.78 is 43.2. The highest BCUT2D eigenvalue weighted by Gasteiger charge is 2.33. The maximum Gasteiger partial charge on any atom is 0.573 e. The third kappa shape index (κ3) is 4.58. The highest BCUT2D eigenvalue weighted by molar-refractivity contribution is 5.95. The van der Waals surface area contributed by atoms with Gasteiger partial charge < -0.3 is 19.1 Å². The van der Waals surface area contributed by atoms with Gasteiger partial charge in [-0.15, -0.1) is 13.2 Å². The van der Waals surface area contributed by atoms with E-state index in [9.17, 15) is 23.2 Å². The molecule has 7 nitrogen and oxygen atoms in total. The lowest BCUT2D eigenvalue weighted by Crippen LogP contribution is -2.46. The van der Waals surface area contributed by atoms with Crippen molar-refractivity contribution in [3.05, 3.63) is 35.7 Å². The van der Waals surface area contributed by atoms with Crippen LogP contribution in [0.25, 0.3) is 11.4 Å². The number of amides is 1. The summed E-state index contributed by atoms with van der Waals surface area (Å²) in [7, 11) is 1.59. The molecule has 0 aliphatic carbocycles. The molecule has 2 saturated heterocycles. The Morgan fingerprint density at radius 1 is 1.19 bits per heavy atom. The number of hydrogen-bond donors (Lipinski definition) is 0. The first-order valence-corrected chi connectivity index (χ1v) is 10.6. The van der Waals surface area contributed by atoms with E-state index < -0.39 is 12.1 Å². The fraction of sp³-hybridized carbons (Fsp3) is 0.500. The minimum atomic E-state index is -4.82. The van der Waals surface area contributed by atoms with E-state index in [4.69, 9.17) is 0 Å². The number of imidazole rings is 1. The quantitative estimate of drug-likeness (QED) is 0.717. The Balaban J connectivity index is 1.55. The molecule has 0 bridgehead atoms. The molecule has 0 N–H and O–H groups in total. The Bertz CT molecular complexity index is 1030. The second kappa shape index (κ2) is 8.82. The van der Waals surface area contributed by atoms with Gasteiger partial charge in [-0.05, 0) is 50.9 Å². The van der Waals surface area contributed by atoms with Gasteiger partial charge in [0, 0.05) is 31.7 Å². The number of halogens is 3. The van der Waals surface area contributed by atoms with Crippen LogP contribution in [0.1, 0.15) is 41.9 Å². The predicted octanol–water partition coefficient (Wildman–Crippen LogP) is 3.56. The van der Waals surface area contributed by atoms with E-state index in [1.165, 1.54) is 35.6 Å². The number of benzene rings is 1. The Morgan fingerprint density at radius 3 is 2.50 bits per heavy atom. The number of ether oxygens (including phenoxy) is 1. The van der Waals surface area contributed by atoms with E-state index in [1.807, 2.05) is 6.07 Å². The normalized spacial score (nSPS) is 18.0. The smallest absolute Gasteiger partial charge is 0.406 e. The minimum absolute atomic E-state index is 0.0451. The van der Waals surface area contributed by atoms with Gasteiger partial charge in [0.05, 0.1) is 0 Å². The van der Waals surface area contributed by atoms with Gasteiger partial charge in [-0.1, -0.05) is 12.1 Å². The summed E-state index contributed by atoms with van der Waals surface area (Å²) in [6.45, 7) is 3.42. The third-order valence-corrected chi connectivity index (χ3v) is 6.14. The van der Waals surface area contributed by atoms with Gasteiger partial charge >= 0.3 is 6.36 Å². The highest BCUT2D eigenvalue weighted by atomic mass is 19.4. The molecular weight excluding hydrogens is 423 g/mol. The molecule has 1 amide bonds. The first kappa shape index (κ1) is 22.1. The van der Waals surface area contributed by atoms with Crippen molar-refractivity contribution in [2.75, 3.05) is 26.2 Å². The van der Waals surface area contributed by atoms with Gasteiger partial charge in [-0.3, -0.25) is 4.79 Å². The lowest BCUT2D eigenvalue weighted by molar-refractivity contribution is -0.274. The van der Waals surface area contributed by atoms with Crippen molar-refractivity contribution in [3.8, 4) is 23.2 Å². The van der Waals surface area contributed by atoms with Crippen molar-refractivity contribution in [1.29, 1.82) is 5.26 Å². The maximum absolute atomic E-state index is 13.3. The van der Waals surface area contributed by atoms with Crippen molar-refractivity contribution < 1.29 is 22.7 Å². The molecule has 1 aromatic carbocycles. The van der Waals surface area contributed by atoms with Crippen LogP contribution in [-0.2, 0) is 7.05 Å². The molecule has 10 heteroatoms. The summed E-state index contributed by atoms with van der Waals surface area (Å²) >= 11 is 0. The van der Waals surface area contributed by atoms with E-state index >= 15 is 0 Å². The van der Waals surface area contributed by atoms with Crippen LogP contribution < -0.4 is 4.74 Å². The summed E-state index contributed by atoms with van der Waals surface area (Å²) in [6, 6.07) is 7.77. The molecule has 0 saturated carbocycles. The Kier molecular flexibility index (Phi) is 6.11. The number of likely N-dealkylation sites (tertiary alicyclic amines) is 2. The number of carbonyl (C=O) groups is 1.